The van der Waals surface area contributed by atoms with Gasteiger partial charge in [0.15, 0.2) is 0 Å². The second kappa shape index (κ2) is 6.57. The number of piperidine rings is 1. The monoisotopic (exact) mass is 352 g/mol. The zero-order chi connectivity index (χ0) is 18.3. The maximum absolute atomic E-state index is 12.3. The van der Waals surface area contributed by atoms with Crippen LogP contribution in [0.1, 0.15) is 30.4 Å². The Morgan fingerprint density at radius 3 is 2.73 bits per heavy atom. The fraction of sp³-hybridized carbons (Fsp3) is 0.421. The largest absolute Gasteiger partial charge is 0.336 e. The first-order chi connectivity index (χ1) is 12.6. The van der Waals surface area contributed by atoms with Crippen molar-refractivity contribution >= 4 is 16.9 Å². The van der Waals surface area contributed by atoms with Crippen molar-refractivity contribution in [1.82, 2.24) is 29.5 Å². The van der Waals surface area contributed by atoms with Crippen molar-refractivity contribution in [2.24, 2.45) is 14.1 Å². The van der Waals surface area contributed by atoms with Crippen LogP contribution in [0.15, 0.2) is 36.5 Å². The van der Waals surface area contributed by atoms with Gasteiger partial charge in [0.05, 0.1) is 29.3 Å². The van der Waals surface area contributed by atoms with E-state index in [9.17, 15) is 4.79 Å². The number of para-hydroxylation sites is 2. The van der Waals surface area contributed by atoms with Crippen LogP contribution in [-0.4, -0.2) is 43.2 Å². The molecule has 4 rings (SSSR count). The molecule has 1 fully saturated rings. The molecule has 1 aliphatic heterocycles. The lowest BCUT2D eigenvalue weighted by molar-refractivity contribution is -0.136. The third kappa shape index (κ3) is 2.78. The molecule has 7 heteroatoms. The number of carbonyl (C=O) groups is 1. The Balaban J connectivity index is 1.58. The molecule has 0 spiro atoms. The quantitative estimate of drug-likeness (QED) is 0.777. The van der Waals surface area contributed by atoms with Crippen molar-refractivity contribution < 1.29 is 4.79 Å². The number of rotatable bonds is 4. The van der Waals surface area contributed by atoms with Gasteiger partial charge in [0.2, 0.25) is 5.91 Å². The average molecular weight is 352 g/mol. The van der Waals surface area contributed by atoms with E-state index in [-0.39, 0.29) is 18.0 Å². The van der Waals surface area contributed by atoms with Gasteiger partial charge in [-0.2, -0.15) is 5.10 Å². The Bertz CT molecular complexity index is 943. The fourth-order valence-electron chi connectivity index (χ4n) is 3.91. The summed E-state index contributed by atoms with van der Waals surface area (Å²) in [5.74, 6) is 1.17. The van der Waals surface area contributed by atoms with Gasteiger partial charge in [0.25, 0.3) is 0 Å². The summed E-state index contributed by atoms with van der Waals surface area (Å²) in [6.07, 6.45) is 3.15. The van der Waals surface area contributed by atoms with Gasteiger partial charge in [-0.3, -0.25) is 9.48 Å². The Hall–Kier alpha value is -2.67. The second-order valence-electron chi connectivity index (χ2n) is 6.93. The normalized spacial score (nSPS) is 20.9. The van der Waals surface area contributed by atoms with Gasteiger partial charge in [-0.15, -0.1) is 0 Å². The highest BCUT2D eigenvalue weighted by Gasteiger charge is 2.36. The van der Waals surface area contributed by atoms with Crippen molar-refractivity contribution in [3.63, 3.8) is 0 Å². The summed E-state index contributed by atoms with van der Waals surface area (Å²) in [6.45, 7) is 0.659. The van der Waals surface area contributed by atoms with E-state index in [1.807, 2.05) is 55.0 Å². The highest BCUT2D eigenvalue weighted by atomic mass is 16.2. The van der Waals surface area contributed by atoms with E-state index in [0.717, 1.165) is 29.0 Å². The Labute approximate surface area is 152 Å². The minimum atomic E-state index is -0.0292. The minimum Gasteiger partial charge on any atom is -0.336 e. The van der Waals surface area contributed by atoms with E-state index < -0.39 is 0 Å². The number of hydrogen-bond donors (Lipinski definition) is 1. The third-order valence-corrected chi connectivity index (χ3v) is 5.42. The first-order valence-electron chi connectivity index (χ1n) is 8.93. The molecule has 136 valence electrons. The van der Waals surface area contributed by atoms with Crippen molar-refractivity contribution in [3.8, 4) is 0 Å². The van der Waals surface area contributed by atoms with Gasteiger partial charge in [-0.1, -0.05) is 12.1 Å². The maximum atomic E-state index is 12.3. The summed E-state index contributed by atoms with van der Waals surface area (Å²) in [5, 5.41) is 7.92. The highest BCUT2D eigenvalue weighted by molar-refractivity contribution is 5.77. The van der Waals surface area contributed by atoms with E-state index in [1.54, 1.807) is 6.20 Å². The van der Waals surface area contributed by atoms with E-state index in [2.05, 4.69) is 21.0 Å². The zero-order valence-electron chi connectivity index (χ0n) is 15.4. The van der Waals surface area contributed by atoms with Gasteiger partial charge in [0, 0.05) is 39.8 Å². The molecular weight excluding hydrogens is 328 g/mol. The number of carbonyl (C=O) groups excluding carboxylic acids is 1. The summed E-state index contributed by atoms with van der Waals surface area (Å²) >= 11 is 0. The number of benzene rings is 1. The standard InChI is InChI=1S/C19H24N6O/c1-23-15-7-5-4-6-13(15)22-17(23)12-20-14-8-9-18(26)24(2)19(14)16-10-11-21-25(16)3/h4-7,10-11,14,19-20H,8-9,12H2,1-3H3/t14-,19-/m1/s1. The Morgan fingerprint density at radius 2 is 2.00 bits per heavy atom. The number of imidazole rings is 1. The summed E-state index contributed by atoms with van der Waals surface area (Å²) < 4.78 is 3.97. The number of nitrogens with one attached hydrogen (secondary N) is 1. The number of fused-ring (bicyclic) bond motifs is 1. The Morgan fingerprint density at radius 1 is 1.19 bits per heavy atom. The molecule has 1 N–H and O–H groups in total. The molecule has 0 radical (unpaired) electrons. The molecule has 2 atom stereocenters. The molecule has 3 aromatic rings. The molecule has 1 amide bonds. The molecule has 26 heavy (non-hydrogen) atoms. The van der Waals surface area contributed by atoms with Crippen molar-refractivity contribution in [3.05, 3.63) is 48.0 Å². The van der Waals surface area contributed by atoms with Crippen LogP contribution < -0.4 is 5.32 Å². The molecule has 1 aliphatic rings. The predicted octanol–water partition coefficient (Wildman–Crippen LogP) is 1.76. The molecule has 2 aromatic heterocycles. The van der Waals surface area contributed by atoms with Gasteiger partial charge in [-0.05, 0) is 24.6 Å². The van der Waals surface area contributed by atoms with Crippen molar-refractivity contribution in [1.29, 1.82) is 0 Å². The van der Waals surface area contributed by atoms with E-state index >= 15 is 0 Å². The van der Waals surface area contributed by atoms with Crippen LogP contribution in [0.4, 0.5) is 0 Å². The molecule has 0 aliphatic carbocycles. The summed E-state index contributed by atoms with van der Waals surface area (Å²) in [5.41, 5.74) is 3.18. The van der Waals surface area contributed by atoms with Gasteiger partial charge < -0.3 is 14.8 Å². The zero-order valence-corrected chi connectivity index (χ0v) is 15.4. The third-order valence-electron chi connectivity index (χ3n) is 5.42. The topological polar surface area (TPSA) is 68.0 Å². The number of nitrogens with zero attached hydrogens (tertiary/aromatic N) is 5. The van der Waals surface area contributed by atoms with Crippen LogP contribution in [0.25, 0.3) is 11.0 Å². The van der Waals surface area contributed by atoms with Crippen LogP contribution in [0.2, 0.25) is 0 Å². The molecule has 1 aromatic carbocycles. The smallest absolute Gasteiger partial charge is 0.222 e. The second-order valence-corrected chi connectivity index (χ2v) is 6.93. The van der Waals surface area contributed by atoms with Crippen LogP contribution in [-0.2, 0) is 25.4 Å². The molecule has 0 saturated carbocycles. The summed E-state index contributed by atoms with van der Waals surface area (Å²) in [7, 11) is 5.84. The van der Waals surface area contributed by atoms with Crippen LogP contribution in [0.3, 0.4) is 0 Å². The number of likely N-dealkylation sites (tertiary alicyclic amines) is 1. The minimum absolute atomic E-state index is 0.0292. The van der Waals surface area contributed by atoms with Crippen LogP contribution in [0, 0.1) is 0 Å². The molecule has 1 saturated heterocycles. The number of aryl methyl sites for hydroxylation is 2. The van der Waals surface area contributed by atoms with Gasteiger partial charge in [0.1, 0.15) is 5.82 Å². The lowest BCUT2D eigenvalue weighted by atomic mass is 9.93. The van der Waals surface area contributed by atoms with Crippen molar-refractivity contribution in [2.45, 2.75) is 31.5 Å². The number of likely N-dealkylation sites (N-methyl/N-ethyl adjacent to an activating group) is 1. The molecular formula is C19H24N6O. The fourth-order valence-corrected chi connectivity index (χ4v) is 3.91. The lowest BCUT2D eigenvalue weighted by Crippen LogP contribution is -2.49. The van der Waals surface area contributed by atoms with E-state index in [0.29, 0.717) is 13.0 Å². The van der Waals surface area contributed by atoms with Crippen molar-refractivity contribution in [2.75, 3.05) is 7.05 Å². The predicted molar refractivity (Wildman–Crippen MR) is 99.3 cm³/mol. The summed E-state index contributed by atoms with van der Waals surface area (Å²) in [4.78, 5) is 18.8. The van der Waals surface area contributed by atoms with E-state index in [4.69, 9.17) is 4.98 Å². The van der Waals surface area contributed by atoms with Gasteiger partial charge >= 0.3 is 0 Å². The average Bonchev–Trinajstić information content (AvgIpc) is 3.20. The number of hydrogen-bond acceptors (Lipinski definition) is 4. The first-order valence-corrected chi connectivity index (χ1v) is 8.93. The molecule has 0 bridgehead atoms. The highest BCUT2D eigenvalue weighted by Crippen LogP contribution is 2.30. The first kappa shape index (κ1) is 16.8. The Kier molecular flexibility index (Phi) is 4.24. The van der Waals surface area contributed by atoms with E-state index in [1.165, 1.54) is 0 Å². The maximum Gasteiger partial charge on any atom is 0.222 e. The summed E-state index contributed by atoms with van der Waals surface area (Å²) in [6, 6.07) is 10.3. The number of aromatic nitrogens is 4. The lowest BCUT2D eigenvalue weighted by Gasteiger charge is -2.39. The molecule has 0 unspecified atom stereocenters. The number of amides is 1. The van der Waals surface area contributed by atoms with Crippen LogP contribution >= 0.6 is 0 Å². The van der Waals surface area contributed by atoms with Gasteiger partial charge in [-0.25, -0.2) is 4.98 Å². The molecule has 3 heterocycles. The van der Waals surface area contributed by atoms with Crippen LogP contribution in [0.5, 0.6) is 0 Å². The molecule has 7 nitrogen and oxygen atoms in total. The SMILES string of the molecule is CN1C(=O)CC[C@@H](NCc2nc3ccccc3n2C)[C@@H]1c1ccnn1C.